The molecule has 0 amide bonds. The molecule has 11 rings (SSSR count). The van der Waals surface area contributed by atoms with Crippen LogP contribution in [0.25, 0.3) is 37.2 Å². The highest BCUT2D eigenvalue weighted by molar-refractivity contribution is 7.20. The molecular formula is C50H52N4OS. The number of hydrogen-bond donors (Lipinski definition) is 0. The SMILES string of the molecule is c1cc(Oc2ccc3c4ccccc4n(-c4nc5ccccc5s4)c3c2)cc(N2CN(C3C(C4CCCCC4)CCCC3C3CCCCC3)c3ccccc32)c1. The van der Waals surface area contributed by atoms with Crippen molar-refractivity contribution in [1.82, 2.24) is 9.55 Å². The Hall–Kier alpha value is -4.81. The number of ether oxygens (including phenoxy) is 1. The van der Waals surface area contributed by atoms with Crippen LogP contribution < -0.4 is 14.5 Å². The van der Waals surface area contributed by atoms with E-state index in [1.807, 2.05) is 0 Å². The monoisotopic (exact) mass is 756 g/mol. The zero-order chi connectivity index (χ0) is 37.0. The highest BCUT2D eigenvalue weighted by atomic mass is 32.1. The Morgan fingerprint density at radius 3 is 2.02 bits per heavy atom. The first kappa shape index (κ1) is 34.4. The number of hydrogen-bond acceptors (Lipinski definition) is 5. The lowest BCUT2D eigenvalue weighted by atomic mass is 9.62. The molecule has 3 aliphatic carbocycles. The van der Waals surface area contributed by atoms with Crippen LogP contribution in [0.15, 0.2) is 115 Å². The van der Waals surface area contributed by atoms with Crippen molar-refractivity contribution in [2.45, 2.75) is 89.5 Å². The molecule has 0 saturated heterocycles. The Kier molecular flexibility index (Phi) is 8.98. The van der Waals surface area contributed by atoms with Gasteiger partial charge in [-0.05, 0) is 91.1 Å². The molecule has 284 valence electrons. The summed E-state index contributed by atoms with van der Waals surface area (Å²) in [5.41, 5.74) is 7.26. The molecule has 5 aromatic carbocycles. The number of para-hydroxylation sites is 4. The lowest BCUT2D eigenvalue weighted by molar-refractivity contribution is 0.0797. The van der Waals surface area contributed by atoms with Gasteiger partial charge in [-0.25, -0.2) is 4.98 Å². The molecule has 2 aromatic heterocycles. The first-order chi connectivity index (χ1) is 27.8. The molecule has 0 N–H and O–H groups in total. The fourth-order valence-corrected chi connectivity index (χ4v) is 12.6. The third kappa shape index (κ3) is 6.07. The molecule has 1 aliphatic heterocycles. The number of benzene rings is 5. The minimum Gasteiger partial charge on any atom is -0.457 e. The van der Waals surface area contributed by atoms with Crippen molar-refractivity contribution < 1.29 is 4.74 Å². The van der Waals surface area contributed by atoms with Crippen molar-refractivity contribution in [3.8, 4) is 16.6 Å². The van der Waals surface area contributed by atoms with E-state index in [1.165, 1.54) is 116 Å². The zero-order valence-corrected chi connectivity index (χ0v) is 33.2. The summed E-state index contributed by atoms with van der Waals surface area (Å²) in [7, 11) is 0. The smallest absolute Gasteiger partial charge is 0.195 e. The van der Waals surface area contributed by atoms with Crippen molar-refractivity contribution in [1.29, 1.82) is 0 Å². The number of thiazole rings is 1. The van der Waals surface area contributed by atoms with E-state index >= 15 is 0 Å². The van der Waals surface area contributed by atoms with Gasteiger partial charge in [-0.2, -0.15) is 0 Å². The van der Waals surface area contributed by atoms with E-state index in [0.717, 1.165) is 63.5 Å². The predicted octanol–water partition coefficient (Wildman–Crippen LogP) is 14.0. The van der Waals surface area contributed by atoms with Gasteiger partial charge in [-0.3, -0.25) is 4.57 Å². The quantitative estimate of drug-likeness (QED) is 0.162. The van der Waals surface area contributed by atoms with Crippen molar-refractivity contribution in [2.75, 3.05) is 16.5 Å². The summed E-state index contributed by atoms with van der Waals surface area (Å²) in [5, 5.41) is 3.40. The third-order valence-corrected chi connectivity index (χ3v) is 15.1. The highest BCUT2D eigenvalue weighted by Gasteiger charge is 2.46. The van der Waals surface area contributed by atoms with Crippen LogP contribution in [0.1, 0.15) is 83.5 Å². The largest absolute Gasteiger partial charge is 0.457 e. The number of anilines is 3. The second-order valence-corrected chi connectivity index (χ2v) is 18.2. The van der Waals surface area contributed by atoms with Gasteiger partial charge in [-0.1, -0.05) is 130 Å². The fourth-order valence-electron chi connectivity index (χ4n) is 11.6. The van der Waals surface area contributed by atoms with Gasteiger partial charge >= 0.3 is 0 Å². The molecule has 2 atom stereocenters. The van der Waals surface area contributed by atoms with Gasteiger partial charge in [0.05, 0.1) is 39.3 Å². The second kappa shape index (κ2) is 14.6. The molecule has 7 aromatic rings. The Labute approximate surface area is 334 Å². The van der Waals surface area contributed by atoms with E-state index < -0.39 is 0 Å². The number of fused-ring (bicyclic) bond motifs is 5. The number of aromatic nitrogens is 2. The lowest BCUT2D eigenvalue weighted by Gasteiger charge is -2.51. The normalized spacial score (nSPS) is 22.3. The van der Waals surface area contributed by atoms with Crippen LogP contribution in [-0.2, 0) is 0 Å². The van der Waals surface area contributed by atoms with Gasteiger partial charge in [-0.15, -0.1) is 0 Å². The van der Waals surface area contributed by atoms with E-state index in [1.54, 1.807) is 11.3 Å². The van der Waals surface area contributed by atoms with Crippen LogP contribution in [0, 0.1) is 23.7 Å². The summed E-state index contributed by atoms with van der Waals surface area (Å²) in [4.78, 5) is 10.5. The molecular weight excluding hydrogens is 705 g/mol. The van der Waals surface area contributed by atoms with Crippen LogP contribution in [0.2, 0.25) is 0 Å². The Morgan fingerprint density at radius 1 is 0.554 bits per heavy atom. The first-order valence-corrected chi connectivity index (χ1v) is 22.4. The maximum atomic E-state index is 6.79. The summed E-state index contributed by atoms with van der Waals surface area (Å²) in [6, 6.07) is 42.3. The maximum Gasteiger partial charge on any atom is 0.195 e. The third-order valence-electron chi connectivity index (χ3n) is 14.1. The average molecular weight is 757 g/mol. The van der Waals surface area contributed by atoms with E-state index in [4.69, 9.17) is 9.72 Å². The zero-order valence-electron chi connectivity index (χ0n) is 32.4. The van der Waals surface area contributed by atoms with E-state index in [-0.39, 0.29) is 0 Å². The van der Waals surface area contributed by atoms with Crippen LogP contribution >= 0.6 is 11.3 Å². The van der Waals surface area contributed by atoms with Crippen LogP contribution in [0.3, 0.4) is 0 Å². The molecule has 2 unspecified atom stereocenters. The van der Waals surface area contributed by atoms with E-state index in [2.05, 4.69) is 130 Å². The van der Waals surface area contributed by atoms with Gasteiger partial charge in [0.2, 0.25) is 0 Å². The molecule has 56 heavy (non-hydrogen) atoms. The predicted molar refractivity (Wildman–Crippen MR) is 234 cm³/mol. The molecule has 5 nitrogen and oxygen atoms in total. The van der Waals surface area contributed by atoms with Crippen molar-refractivity contribution in [2.24, 2.45) is 23.7 Å². The van der Waals surface area contributed by atoms with E-state index in [9.17, 15) is 0 Å². The summed E-state index contributed by atoms with van der Waals surface area (Å²) >= 11 is 1.73. The summed E-state index contributed by atoms with van der Waals surface area (Å²) in [6.45, 7) is 0.911. The molecule has 0 radical (unpaired) electrons. The van der Waals surface area contributed by atoms with Gasteiger partial charge in [0.15, 0.2) is 5.13 Å². The van der Waals surface area contributed by atoms with Crippen molar-refractivity contribution >= 4 is 60.4 Å². The Balaban J connectivity index is 0.930. The average Bonchev–Trinajstić information content (AvgIpc) is 3.96. The summed E-state index contributed by atoms with van der Waals surface area (Å²) in [5.74, 6) is 5.04. The first-order valence-electron chi connectivity index (χ1n) is 21.6. The molecule has 3 saturated carbocycles. The minimum atomic E-state index is 0.620. The maximum absolute atomic E-state index is 6.79. The Morgan fingerprint density at radius 2 is 1.23 bits per heavy atom. The molecule has 0 bridgehead atoms. The van der Waals surface area contributed by atoms with Crippen LogP contribution in [0.4, 0.5) is 17.1 Å². The number of nitrogens with zero attached hydrogens (tertiary/aromatic N) is 4. The second-order valence-electron chi connectivity index (χ2n) is 17.2. The molecule has 3 heterocycles. The fraction of sp³-hybridized carbons (Fsp3) is 0.380. The van der Waals surface area contributed by atoms with Gasteiger partial charge in [0.1, 0.15) is 11.5 Å². The van der Waals surface area contributed by atoms with Gasteiger partial charge in [0, 0.05) is 34.6 Å². The van der Waals surface area contributed by atoms with E-state index in [0.29, 0.717) is 6.04 Å². The lowest BCUT2D eigenvalue weighted by Crippen LogP contribution is -2.53. The van der Waals surface area contributed by atoms with Crippen LogP contribution in [-0.4, -0.2) is 22.3 Å². The topological polar surface area (TPSA) is 33.5 Å². The standard InChI is InChI=1S/C50H52N4OS/c1-3-15-34(16-4-1)39-22-14-23-40(35-17-5-2-6-18-35)49(39)53-33-52(45-26-10-11-27-46(45)53)36-19-13-20-37(31-36)55-38-29-30-42-41-21-7-9-25-44(41)54(47(42)32-38)50-51-43-24-8-12-28-48(43)56-50/h7-13,19-21,24-32,34-35,39-40,49H,1-6,14-18,22-23,33H2. The van der Waals surface area contributed by atoms with Crippen molar-refractivity contribution in [3.05, 3.63) is 115 Å². The Bertz CT molecular complexity index is 2450. The molecule has 6 heteroatoms. The number of rotatable bonds is 7. The molecule has 0 spiro atoms. The summed E-state index contributed by atoms with van der Waals surface area (Å²) < 4.78 is 10.3. The molecule has 4 aliphatic rings. The van der Waals surface area contributed by atoms with Gasteiger partial charge in [0.25, 0.3) is 0 Å². The summed E-state index contributed by atoms with van der Waals surface area (Å²) in [6.07, 6.45) is 18.5. The van der Waals surface area contributed by atoms with Crippen LogP contribution in [0.5, 0.6) is 11.5 Å². The minimum absolute atomic E-state index is 0.620. The molecule has 3 fully saturated rings. The van der Waals surface area contributed by atoms with Crippen molar-refractivity contribution in [3.63, 3.8) is 0 Å². The van der Waals surface area contributed by atoms with Gasteiger partial charge < -0.3 is 14.5 Å². The highest BCUT2D eigenvalue weighted by Crippen LogP contribution is 2.52.